The van der Waals surface area contributed by atoms with Crippen LogP contribution in [0.25, 0.3) is 0 Å². The average molecular weight is 277 g/mol. The third-order valence-electron chi connectivity index (χ3n) is 3.23. The van der Waals surface area contributed by atoms with E-state index in [0.29, 0.717) is 26.2 Å². The van der Waals surface area contributed by atoms with Crippen molar-refractivity contribution in [3.8, 4) is 0 Å². The van der Waals surface area contributed by atoms with Gasteiger partial charge in [0, 0.05) is 32.0 Å². The third kappa shape index (κ3) is 3.54. The second-order valence-corrected chi connectivity index (χ2v) is 4.59. The fourth-order valence-electron chi connectivity index (χ4n) is 2.23. The van der Waals surface area contributed by atoms with E-state index in [2.05, 4.69) is 10.3 Å². The van der Waals surface area contributed by atoms with Gasteiger partial charge in [-0.25, -0.2) is 4.79 Å². The molecule has 0 spiro atoms. The molecule has 1 N–H and O–H groups in total. The van der Waals surface area contributed by atoms with Crippen molar-refractivity contribution in [2.75, 3.05) is 26.2 Å². The Morgan fingerprint density at radius 1 is 1.45 bits per heavy atom. The zero-order chi connectivity index (χ0) is 14.4. The van der Waals surface area contributed by atoms with E-state index in [1.165, 1.54) is 0 Å². The van der Waals surface area contributed by atoms with Crippen LogP contribution in [0.5, 0.6) is 0 Å². The Morgan fingerprint density at radius 2 is 2.20 bits per heavy atom. The Morgan fingerprint density at radius 3 is 2.90 bits per heavy atom. The first-order valence-corrected chi connectivity index (χ1v) is 6.78. The normalized spacial score (nSPS) is 18.6. The molecule has 20 heavy (non-hydrogen) atoms. The van der Waals surface area contributed by atoms with Crippen LogP contribution >= 0.6 is 0 Å². The number of hydrogen-bond acceptors (Lipinski definition) is 5. The number of carbonyl (C=O) groups is 2. The van der Waals surface area contributed by atoms with Crippen molar-refractivity contribution < 1.29 is 14.3 Å². The molecule has 6 nitrogen and oxygen atoms in total. The van der Waals surface area contributed by atoms with Crippen LogP contribution in [-0.2, 0) is 20.7 Å². The first kappa shape index (κ1) is 14.5. The van der Waals surface area contributed by atoms with Gasteiger partial charge in [-0.15, -0.1) is 0 Å². The predicted molar refractivity (Wildman–Crippen MR) is 72.9 cm³/mol. The summed E-state index contributed by atoms with van der Waals surface area (Å²) in [5.74, 6) is -0.404. The summed E-state index contributed by atoms with van der Waals surface area (Å²) < 4.78 is 5.03. The molecule has 0 radical (unpaired) electrons. The Kier molecular flexibility index (Phi) is 5.06. The van der Waals surface area contributed by atoms with Gasteiger partial charge in [-0.05, 0) is 24.6 Å². The number of nitrogens with zero attached hydrogens (tertiary/aromatic N) is 2. The number of carbonyl (C=O) groups excluding carboxylic acids is 2. The number of piperazine rings is 1. The van der Waals surface area contributed by atoms with E-state index in [4.69, 9.17) is 4.74 Å². The van der Waals surface area contributed by atoms with E-state index in [1.807, 2.05) is 0 Å². The van der Waals surface area contributed by atoms with Gasteiger partial charge in [-0.2, -0.15) is 0 Å². The van der Waals surface area contributed by atoms with Gasteiger partial charge >= 0.3 is 5.97 Å². The Bertz CT molecular complexity index is 464. The highest BCUT2D eigenvalue weighted by molar-refractivity contribution is 5.86. The smallest absolute Gasteiger partial charge is 0.330 e. The quantitative estimate of drug-likeness (QED) is 0.784. The van der Waals surface area contributed by atoms with Gasteiger partial charge in [0.25, 0.3) is 0 Å². The topological polar surface area (TPSA) is 71.5 Å². The van der Waals surface area contributed by atoms with Crippen molar-refractivity contribution in [1.29, 1.82) is 0 Å². The standard InChI is InChI=1S/C14H19N3O3/c1-2-20-14(19)12-10-16-7-8-17(12)13(18)9-11-3-5-15-6-4-11/h3-6,12,16H,2,7-10H2,1H3. The number of aromatic nitrogens is 1. The van der Waals surface area contributed by atoms with E-state index in [1.54, 1.807) is 36.4 Å². The van der Waals surface area contributed by atoms with Crippen LogP contribution in [0.4, 0.5) is 0 Å². The van der Waals surface area contributed by atoms with Gasteiger partial charge in [0.05, 0.1) is 13.0 Å². The summed E-state index contributed by atoms with van der Waals surface area (Å²) in [6.45, 7) is 3.74. The lowest BCUT2D eigenvalue weighted by atomic mass is 10.1. The molecule has 0 aliphatic carbocycles. The van der Waals surface area contributed by atoms with E-state index < -0.39 is 6.04 Å². The highest BCUT2D eigenvalue weighted by Gasteiger charge is 2.32. The number of amides is 1. The van der Waals surface area contributed by atoms with Crippen LogP contribution < -0.4 is 5.32 Å². The highest BCUT2D eigenvalue weighted by atomic mass is 16.5. The maximum atomic E-state index is 12.4. The SMILES string of the molecule is CCOC(=O)C1CNCCN1C(=O)Cc1ccncc1. The molecule has 6 heteroatoms. The highest BCUT2D eigenvalue weighted by Crippen LogP contribution is 2.09. The zero-order valence-corrected chi connectivity index (χ0v) is 11.5. The zero-order valence-electron chi connectivity index (χ0n) is 11.5. The van der Waals surface area contributed by atoms with Crippen molar-refractivity contribution in [3.05, 3.63) is 30.1 Å². The van der Waals surface area contributed by atoms with E-state index in [0.717, 1.165) is 5.56 Å². The second kappa shape index (κ2) is 7.00. The average Bonchev–Trinajstić information content (AvgIpc) is 2.48. The first-order valence-electron chi connectivity index (χ1n) is 6.78. The summed E-state index contributed by atoms with van der Waals surface area (Å²) in [5.41, 5.74) is 0.895. The minimum absolute atomic E-state index is 0.0595. The van der Waals surface area contributed by atoms with Crippen LogP contribution in [0.1, 0.15) is 12.5 Å². The van der Waals surface area contributed by atoms with Gasteiger partial charge in [0.15, 0.2) is 0 Å². The van der Waals surface area contributed by atoms with E-state index in [9.17, 15) is 9.59 Å². The molecule has 0 bridgehead atoms. The lowest BCUT2D eigenvalue weighted by molar-refractivity contribution is -0.155. The fraction of sp³-hybridized carbons (Fsp3) is 0.500. The van der Waals surface area contributed by atoms with Crippen molar-refractivity contribution in [3.63, 3.8) is 0 Å². The third-order valence-corrected chi connectivity index (χ3v) is 3.23. The predicted octanol–water partition coefficient (Wildman–Crippen LogP) is -0.0124. The summed E-state index contributed by atoms with van der Waals surface area (Å²) in [7, 11) is 0. The van der Waals surface area contributed by atoms with E-state index >= 15 is 0 Å². The lowest BCUT2D eigenvalue weighted by Crippen LogP contribution is -2.57. The lowest BCUT2D eigenvalue weighted by Gasteiger charge is -2.34. The van der Waals surface area contributed by atoms with E-state index in [-0.39, 0.29) is 18.3 Å². The Labute approximate surface area is 118 Å². The molecule has 1 fully saturated rings. The number of hydrogen-bond donors (Lipinski definition) is 1. The molecule has 2 heterocycles. The summed E-state index contributed by atoms with van der Waals surface area (Å²) >= 11 is 0. The molecule has 1 atom stereocenters. The van der Waals surface area contributed by atoms with Gasteiger partial charge in [0.1, 0.15) is 6.04 Å². The van der Waals surface area contributed by atoms with Gasteiger partial charge < -0.3 is 15.0 Å². The molecule has 0 aromatic carbocycles. The molecule has 2 rings (SSSR count). The summed E-state index contributed by atoms with van der Waals surface area (Å²) in [4.78, 5) is 29.8. The van der Waals surface area contributed by atoms with Crippen molar-refractivity contribution in [2.45, 2.75) is 19.4 Å². The summed E-state index contributed by atoms with van der Waals surface area (Å²) in [5, 5.41) is 3.12. The van der Waals surface area contributed by atoms with Gasteiger partial charge in [-0.1, -0.05) is 0 Å². The minimum atomic E-state index is -0.530. The first-order chi connectivity index (χ1) is 9.72. The van der Waals surface area contributed by atoms with Gasteiger partial charge in [0.2, 0.25) is 5.91 Å². The molecule has 0 saturated carbocycles. The number of esters is 1. The molecule has 1 aromatic rings. The molecule has 1 aliphatic rings. The maximum Gasteiger partial charge on any atom is 0.330 e. The maximum absolute atomic E-state index is 12.4. The minimum Gasteiger partial charge on any atom is -0.464 e. The number of nitrogens with one attached hydrogen (secondary N) is 1. The van der Waals surface area contributed by atoms with Crippen LogP contribution in [-0.4, -0.2) is 54.0 Å². The Balaban J connectivity index is 2.03. The second-order valence-electron chi connectivity index (χ2n) is 4.59. The largest absolute Gasteiger partial charge is 0.464 e. The molecule has 1 aromatic heterocycles. The number of pyridine rings is 1. The molecule has 108 valence electrons. The van der Waals surface area contributed by atoms with Crippen LogP contribution in [0.3, 0.4) is 0 Å². The Hall–Kier alpha value is -1.95. The molecule has 1 unspecified atom stereocenters. The molecule has 1 saturated heterocycles. The summed E-state index contributed by atoms with van der Waals surface area (Å²) in [6.07, 6.45) is 3.59. The van der Waals surface area contributed by atoms with Crippen molar-refractivity contribution in [2.24, 2.45) is 0 Å². The van der Waals surface area contributed by atoms with Crippen LogP contribution in [0.15, 0.2) is 24.5 Å². The fourth-order valence-corrected chi connectivity index (χ4v) is 2.23. The van der Waals surface area contributed by atoms with Crippen molar-refractivity contribution in [1.82, 2.24) is 15.2 Å². The van der Waals surface area contributed by atoms with Gasteiger partial charge in [-0.3, -0.25) is 9.78 Å². The molecule has 1 aliphatic heterocycles. The number of ether oxygens (including phenoxy) is 1. The van der Waals surface area contributed by atoms with Crippen molar-refractivity contribution >= 4 is 11.9 Å². The monoisotopic (exact) mass is 277 g/mol. The number of rotatable bonds is 4. The molecular formula is C14H19N3O3. The summed E-state index contributed by atoms with van der Waals surface area (Å²) in [6, 6.07) is 3.08. The molecule has 1 amide bonds. The van der Waals surface area contributed by atoms with Crippen LogP contribution in [0.2, 0.25) is 0 Å². The molecular weight excluding hydrogens is 258 g/mol. The van der Waals surface area contributed by atoms with Crippen LogP contribution in [0, 0.1) is 0 Å².